The van der Waals surface area contributed by atoms with E-state index in [1.54, 1.807) is 0 Å². The number of fused-ring (bicyclic) bond motifs is 3. The van der Waals surface area contributed by atoms with Gasteiger partial charge in [0.1, 0.15) is 0 Å². The quantitative estimate of drug-likeness (QED) is 0.772. The molecule has 0 amide bonds. The van der Waals surface area contributed by atoms with E-state index < -0.39 is 0 Å². The summed E-state index contributed by atoms with van der Waals surface area (Å²) in [6.07, 6.45) is 9.34. The Balaban J connectivity index is 1.53. The van der Waals surface area contributed by atoms with Gasteiger partial charge in [-0.25, -0.2) is 0 Å². The molecule has 20 heavy (non-hydrogen) atoms. The van der Waals surface area contributed by atoms with Gasteiger partial charge in [0.25, 0.3) is 0 Å². The van der Waals surface area contributed by atoms with E-state index >= 15 is 0 Å². The maximum absolute atomic E-state index is 6.15. The van der Waals surface area contributed by atoms with Crippen LogP contribution in [0, 0.1) is 5.92 Å². The van der Waals surface area contributed by atoms with Crippen LogP contribution in [0.25, 0.3) is 0 Å². The molecule has 4 fully saturated rings. The summed E-state index contributed by atoms with van der Waals surface area (Å²) in [5, 5.41) is 0. The molecule has 0 aromatic rings. The molecule has 5 atom stereocenters. The van der Waals surface area contributed by atoms with Gasteiger partial charge in [-0.3, -0.25) is 9.80 Å². The molecule has 4 aliphatic rings. The summed E-state index contributed by atoms with van der Waals surface area (Å²) in [6, 6.07) is 2.31. The highest BCUT2D eigenvalue weighted by Crippen LogP contribution is 2.40. The van der Waals surface area contributed by atoms with E-state index in [2.05, 4.69) is 23.6 Å². The number of nitrogens with zero attached hydrogens (tertiary/aromatic N) is 2. The Morgan fingerprint density at radius 1 is 1.05 bits per heavy atom. The predicted molar refractivity (Wildman–Crippen MR) is 80.8 cm³/mol. The molecule has 4 heterocycles. The maximum atomic E-state index is 6.15. The summed E-state index contributed by atoms with van der Waals surface area (Å²) in [4.78, 5) is 5.67. The van der Waals surface area contributed by atoms with Crippen molar-refractivity contribution in [3.05, 3.63) is 0 Å². The summed E-state index contributed by atoms with van der Waals surface area (Å²) < 4.78 is 6.15. The standard InChI is InChI=1S/C17H30N2O/c1-12(2)16-11-18-8-4-3-5-13(18)10-19(16)15-9-14-6-7-17(15)20-14/h12-17H,3-11H2,1-2H3. The lowest BCUT2D eigenvalue weighted by molar-refractivity contribution is -0.0448. The number of ether oxygens (including phenoxy) is 1. The fourth-order valence-corrected chi connectivity index (χ4v) is 5.17. The maximum Gasteiger partial charge on any atom is 0.0736 e. The van der Waals surface area contributed by atoms with E-state index in [9.17, 15) is 0 Å². The third kappa shape index (κ3) is 2.22. The monoisotopic (exact) mass is 278 g/mol. The highest BCUT2D eigenvalue weighted by Gasteiger charge is 2.48. The number of hydrogen-bond acceptors (Lipinski definition) is 3. The molecule has 2 bridgehead atoms. The van der Waals surface area contributed by atoms with Crippen LogP contribution >= 0.6 is 0 Å². The van der Waals surface area contributed by atoms with Crippen molar-refractivity contribution in [1.29, 1.82) is 0 Å². The summed E-state index contributed by atoms with van der Waals surface area (Å²) in [5.74, 6) is 0.761. The molecule has 0 radical (unpaired) electrons. The van der Waals surface area contributed by atoms with E-state index in [0.717, 1.165) is 24.0 Å². The largest absolute Gasteiger partial charge is 0.373 e. The van der Waals surface area contributed by atoms with Gasteiger partial charge >= 0.3 is 0 Å². The molecule has 4 aliphatic heterocycles. The number of hydrogen-bond donors (Lipinski definition) is 0. The van der Waals surface area contributed by atoms with Crippen molar-refractivity contribution in [3.63, 3.8) is 0 Å². The molecule has 0 N–H and O–H groups in total. The summed E-state index contributed by atoms with van der Waals surface area (Å²) >= 11 is 0. The van der Waals surface area contributed by atoms with E-state index in [-0.39, 0.29) is 0 Å². The zero-order chi connectivity index (χ0) is 13.7. The van der Waals surface area contributed by atoms with E-state index in [4.69, 9.17) is 4.74 Å². The van der Waals surface area contributed by atoms with Crippen molar-refractivity contribution >= 4 is 0 Å². The Hall–Kier alpha value is -0.120. The molecule has 3 heteroatoms. The molecule has 5 unspecified atom stereocenters. The molecule has 0 aliphatic carbocycles. The third-order valence-electron chi connectivity index (χ3n) is 6.29. The Morgan fingerprint density at radius 2 is 1.95 bits per heavy atom. The fourth-order valence-electron chi connectivity index (χ4n) is 5.17. The van der Waals surface area contributed by atoms with E-state index in [1.807, 2.05) is 0 Å². The van der Waals surface area contributed by atoms with Crippen LogP contribution in [-0.4, -0.2) is 59.8 Å². The molecule has 0 aromatic carbocycles. The minimum atomic E-state index is 0.552. The smallest absolute Gasteiger partial charge is 0.0736 e. The van der Waals surface area contributed by atoms with Gasteiger partial charge < -0.3 is 4.74 Å². The van der Waals surface area contributed by atoms with Crippen LogP contribution in [0.4, 0.5) is 0 Å². The SMILES string of the molecule is CC(C)C1CN2CCCCC2CN1C1CC2CCC1O2. The Labute approximate surface area is 123 Å². The second-order valence-electron chi connectivity index (χ2n) is 7.83. The molecule has 4 saturated heterocycles. The number of piperidine rings is 1. The lowest BCUT2D eigenvalue weighted by Gasteiger charge is -2.52. The van der Waals surface area contributed by atoms with E-state index in [0.29, 0.717) is 12.2 Å². The minimum Gasteiger partial charge on any atom is -0.373 e. The lowest BCUT2D eigenvalue weighted by Crippen LogP contribution is -2.64. The van der Waals surface area contributed by atoms with Gasteiger partial charge in [0.05, 0.1) is 12.2 Å². The van der Waals surface area contributed by atoms with Crippen LogP contribution in [0.15, 0.2) is 0 Å². The second kappa shape index (κ2) is 5.26. The van der Waals surface area contributed by atoms with Gasteiger partial charge in [0.2, 0.25) is 0 Å². The van der Waals surface area contributed by atoms with Crippen molar-refractivity contribution in [1.82, 2.24) is 9.80 Å². The summed E-state index contributed by atoms with van der Waals surface area (Å²) in [5.41, 5.74) is 0. The molecular weight excluding hydrogens is 248 g/mol. The van der Waals surface area contributed by atoms with Crippen molar-refractivity contribution in [2.45, 2.75) is 82.7 Å². The predicted octanol–water partition coefficient (Wildman–Crippen LogP) is 2.50. The Morgan fingerprint density at radius 3 is 2.65 bits per heavy atom. The van der Waals surface area contributed by atoms with Crippen molar-refractivity contribution in [2.75, 3.05) is 19.6 Å². The highest BCUT2D eigenvalue weighted by molar-refractivity contribution is 5.01. The average Bonchev–Trinajstić information content (AvgIpc) is 3.08. The van der Waals surface area contributed by atoms with Gasteiger partial charge in [-0.05, 0) is 44.6 Å². The first-order valence-electron chi connectivity index (χ1n) is 8.87. The first-order chi connectivity index (χ1) is 9.72. The van der Waals surface area contributed by atoms with Crippen LogP contribution in [0.3, 0.4) is 0 Å². The zero-order valence-corrected chi connectivity index (χ0v) is 13.1. The molecule has 114 valence electrons. The molecule has 3 nitrogen and oxygen atoms in total. The zero-order valence-electron chi connectivity index (χ0n) is 13.1. The van der Waals surface area contributed by atoms with Crippen LogP contribution in [-0.2, 0) is 4.74 Å². The molecular formula is C17H30N2O. The van der Waals surface area contributed by atoms with Crippen LogP contribution < -0.4 is 0 Å². The minimum absolute atomic E-state index is 0.552. The molecule has 0 spiro atoms. The number of rotatable bonds is 2. The van der Waals surface area contributed by atoms with Crippen molar-refractivity contribution in [2.24, 2.45) is 5.92 Å². The Kier molecular flexibility index (Phi) is 3.56. The van der Waals surface area contributed by atoms with Gasteiger partial charge in [0.15, 0.2) is 0 Å². The van der Waals surface area contributed by atoms with Gasteiger partial charge in [-0.15, -0.1) is 0 Å². The van der Waals surface area contributed by atoms with Gasteiger partial charge in [0, 0.05) is 31.2 Å². The van der Waals surface area contributed by atoms with Gasteiger partial charge in [-0.2, -0.15) is 0 Å². The number of piperazine rings is 1. The molecule has 4 rings (SSSR count). The first-order valence-corrected chi connectivity index (χ1v) is 8.87. The normalized spacial score (nSPS) is 46.0. The van der Waals surface area contributed by atoms with Crippen molar-refractivity contribution < 1.29 is 4.74 Å². The van der Waals surface area contributed by atoms with E-state index in [1.165, 1.54) is 58.2 Å². The topological polar surface area (TPSA) is 15.7 Å². The van der Waals surface area contributed by atoms with Crippen molar-refractivity contribution in [3.8, 4) is 0 Å². The van der Waals surface area contributed by atoms with Crippen LogP contribution in [0.5, 0.6) is 0 Å². The third-order valence-corrected chi connectivity index (χ3v) is 6.29. The molecule has 0 aromatic heterocycles. The first kappa shape index (κ1) is 13.5. The molecule has 0 saturated carbocycles. The summed E-state index contributed by atoms with van der Waals surface area (Å²) in [7, 11) is 0. The summed E-state index contributed by atoms with van der Waals surface area (Å²) in [6.45, 7) is 8.78. The average molecular weight is 278 g/mol. The van der Waals surface area contributed by atoms with Gasteiger partial charge in [-0.1, -0.05) is 20.3 Å². The van der Waals surface area contributed by atoms with Crippen LogP contribution in [0.2, 0.25) is 0 Å². The Bertz CT molecular complexity index is 359. The van der Waals surface area contributed by atoms with Crippen LogP contribution in [0.1, 0.15) is 52.4 Å². The highest BCUT2D eigenvalue weighted by atomic mass is 16.5. The second-order valence-corrected chi connectivity index (χ2v) is 7.83. The lowest BCUT2D eigenvalue weighted by atomic mass is 9.86. The fraction of sp³-hybridized carbons (Fsp3) is 1.00.